The van der Waals surface area contributed by atoms with Gasteiger partial charge in [-0.2, -0.15) is 0 Å². The van der Waals surface area contributed by atoms with Crippen molar-refractivity contribution in [3.05, 3.63) is 36.2 Å². The molecule has 0 bridgehead atoms. The van der Waals surface area contributed by atoms with Crippen molar-refractivity contribution in [3.63, 3.8) is 0 Å². The van der Waals surface area contributed by atoms with Crippen molar-refractivity contribution in [2.75, 3.05) is 26.8 Å². The fourth-order valence-electron chi connectivity index (χ4n) is 3.37. The third-order valence-electron chi connectivity index (χ3n) is 4.77. The molecule has 1 aromatic heterocycles. The number of hydrogen-bond donors (Lipinski definition) is 0. The van der Waals surface area contributed by atoms with E-state index in [1.165, 1.54) is 7.11 Å². The van der Waals surface area contributed by atoms with E-state index in [0.717, 1.165) is 12.8 Å². The zero-order valence-corrected chi connectivity index (χ0v) is 14.9. The van der Waals surface area contributed by atoms with Gasteiger partial charge in [-0.3, -0.25) is 4.79 Å². The maximum atomic E-state index is 12.9. The number of fused-ring (bicyclic) bond motifs is 1. The van der Waals surface area contributed by atoms with Gasteiger partial charge in [0.15, 0.2) is 17.2 Å². The predicted molar refractivity (Wildman–Crippen MR) is 92.6 cm³/mol. The van der Waals surface area contributed by atoms with Gasteiger partial charge in [-0.15, -0.1) is 5.10 Å². The van der Waals surface area contributed by atoms with Gasteiger partial charge in [-0.25, -0.2) is 9.48 Å². The first-order valence-corrected chi connectivity index (χ1v) is 8.83. The van der Waals surface area contributed by atoms with Crippen LogP contribution in [0.1, 0.15) is 29.4 Å². The number of nitrogens with zero attached hydrogens (tertiary/aromatic N) is 4. The Morgan fingerprint density at radius 3 is 2.89 bits per heavy atom. The largest absolute Gasteiger partial charge is 0.485 e. The fourth-order valence-corrected chi connectivity index (χ4v) is 3.37. The Bertz CT molecular complexity index is 852. The summed E-state index contributed by atoms with van der Waals surface area (Å²) in [6, 6.07) is 7.26. The Labute approximate surface area is 155 Å². The zero-order valence-electron chi connectivity index (χ0n) is 14.9. The second-order valence-corrected chi connectivity index (χ2v) is 6.52. The molecule has 0 aliphatic carbocycles. The molecular weight excluding hydrogens is 352 g/mol. The first-order valence-electron chi connectivity index (χ1n) is 8.83. The van der Waals surface area contributed by atoms with E-state index in [0.29, 0.717) is 24.6 Å². The number of rotatable bonds is 3. The van der Waals surface area contributed by atoms with Crippen LogP contribution in [0.5, 0.6) is 11.5 Å². The standard InChI is InChI=1S/C18H20N4O5/c1-25-18(24)13-10-22(20-19-13)12-5-4-8-21(9-12)17(23)16-11-26-14-6-2-3-7-15(14)27-16/h2-3,6-7,10,12,16H,4-5,8-9,11H2,1H3/t12-,16+/m1/s1. The van der Waals surface area contributed by atoms with Crippen molar-refractivity contribution in [3.8, 4) is 11.5 Å². The number of benzene rings is 1. The second kappa shape index (κ2) is 7.26. The molecule has 1 amide bonds. The average molecular weight is 372 g/mol. The van der Waals surface area contributed by atoms with Crippen molar-refractivity contribution in [1.82, 2.24) is 19.9 Å². The van der Waals surface area contributed by atoms with Crippen molar-refractivity contribution in [1.29, 1.82) is 0 Å². The van der Waals surface area contributed by atoms with Crippen LogP contribution in [0.3, 0.4) is 0 Å². The molecular formula is C18H20N4O5. The van der Waals surface area contributed by atoms with E-state index < -0.39 is 12.1 Å². The van der Waals surface area contributed by atoms with Crippen LogP contribution >= 0.6 is 0 Å². The smallest absolute Gasteiger partial charge is 0.360 e. The molecule has 0 saturated carbocycles. The Hall–Kier alpha value is -3.10. The quantitative estimate of drug-likeness (QED) is 0.744. The van der Waals surface area contributed by atoms with Gasteiger partial charge in [-0.05, 0) is 25.0 Å². The van der Waals surface area contributed by atoms with Crippen LogP contribution in [-0.4, -0.2) is 64.7 Å². The highest BCUT2D eigenvalue weighted by Gasteiger charge is 2.34. The number of piperidine rings is 1. The Morgan fingerprint density at radius 1 is 1.26 bits per heavy atom. The summed E-state index contributed by atoms with van der Waals surface area (Å²) in [6.45, 7) is 1.31. The number of amides is 1. The highest BCUT2D eigenvalue weighted by Crippen LogP contribution is 2.32. The fraction of sp³-hybridized carbons (Fsp3) is 0.444. The summed E-state index contributed by atoms with van der Waals surface area (Å²) in [7, 11) is 1.30. The lowest BCUT2D eigenvalue weighted by molar-refractivity contribution is -0.143. The molecule has 0 radical (unpaired) electrons. The summed E-state index contributed by atoms with van der Waals surface area (Å²) >= 11 is 0. The number of ether oxygens (including phenoxy) is 3. The summed E-state index contributed by atoms with van der Waals surface area (Å²) < 4.78 is 17.8. The average Bonchev–Trinajstić information content (AvgIpc) is 3.23. The molecule has 1 aromatic carbocycles. The number of aromatic nitrogens is 3. The van der Waals surface area contributed by atoms with Crippen LogP contribution in [0, 0.1) is 0 Å². The van der Waals surface area contributed by atoms with Crippen molar-refractivity contribution in [2.45, 2.75) is 25.0 Å². The van der Waals surface area contributed by atoms with Gasteiger partial charge in [0, 0.05) is 13.1 Å². The van der Waals surface area contributed by atoms with Crippen molar-refractivity contribution in [2.24, 2.45) is 0 Å². The van der Waals surface area contributed by atoms with Gasteiger partial charge in [-0.1, -0.05) is 17.3 Å². The van der Waals surface area contributed by atoms with E-state index in [1.807, 2.05) is 18.2 Å². The first kappa shape index (κ1) is 17.3. The first-order chi connectivity index (χ1) is 13.2. The molecule has 1 fully saturated rings. The van der Waals surface area contributed by atoms with Gasteiger partial charge < -0.3 is 19.1 Å². The third kappa shape index (κ3) is 3.44. The highest BCUT2D eigenvalue weighted by atomic mass is 16.6. The number of hydrogen-bond acceptors (Lipinski definition) is 7. The minimum absolute atomic E-state index is 0.0506. The summed E-state index contributed by atoms with van der Waals surface area (Å²) in [4.78, 5) is 26.2. The van der Waals surface area contributed by atoms with Gasteiger partial charge in [0.05, 0.1) is 19.3 Å². The topological polar surface area (TPSA) is 95.8 Å². The Balaban J connectivity index is 1.43. The van der Waals surface area contributed by atoms with Gasteiger partial charge in [0.2, 0.25) is 6.10 Å². The monoisotopic (exact) mass is 372 g/mol. The van der Waals surface area contributed by atoms with Crippen molar-refractivity contribution >= 4 is 11.9 Å². The van der Waals surface area contributed by atoms with Crippen LogP contribution in [-0.2, 0) is 9.53 Å². The van der Waals surface area contributed by atoms with E-state index in [9.17, 15) is 9.59 Å². The molecule has 0 spiro atoms. The summed E-state index contributed by atoms with van der Waals surface area (Å²) in [5.74, 6) is 0.588. The Morgan fingerprint density at radius 2 is 2.07 bits per heavy atom. The van der Waals surface area contributed by atoms with Crippen LogP contribution in [0.15, 0.2) is 30.5 Å². The minimum Gasteiger partial charge on any atom is -0.485 e. The molecule has 3 heterocycles. The summed E-state index contributed by atoms with van der Waals surface area (Å²) in [6.07, 6.45) is 2.56. The lowest BCUT2D eigenvalue weighted by Gasteiger charge is -2.35. The third-order valence-corrected chi connectivity index (χ3v) is 4.77. The number of likely N-dealkylation sites (tertiary alicyclic amines) is 1. The molecule has 4 rings (SSSR count). The number of esters is 1. The molecule has 9 heteroatoms. The van der Waals surface area contributed by atoms with Gasteiger partial charge >= 0.3 is 5.97 Å². The highest BCUT2D eigenvalue weighted by molar-refractivity contribution is 5.86. The molecule has 2 aliphatic rings. The Kier molecular flexibility index (Phi) is 4.66. The maximum Gasteiger partial charge on any atom is 0.360 e. The number of carbonyl (C=O) groups is 2. The van der Waals surface area contributed by atoms with Crippen LogP contribution in [0.2, 0.25) is 0 Å². The zero-order chi connectivity index (χ0) is 18.8. The lowest BCUT2D eigenvalue weighted by Crippen LogP contribution is -2.50. The molecule has 2 aliphatic heterocycles. The van der Waals surface area contributed by atoms with Crippen LogP contribution in [0.25, 0.3) is 0 Å². The van der Waals surface area contributed by atoms with E-state index in [2.05, 4.69) is 15.0 Å². The predicted octanol–water partition coefficient (Wildman–Crippen LogP) is 1.07. The molecule has 2 atom stereocenters. The molecule has 142 valence electrons. The maximum absolute atomic E-state index is 12.9. The lowest BCUT2D eigenvalue weighted by atomic mass is 10.1. The normalized spacial score (nSPS) is 21.6. The van der Waals surface area contributed by atoms with E-state index in [1.54, 1.807) is 21.8 Å². The molecule has 27 heavy (non-hydrogen) atoms. The molecule has 2 aromatic rings. The van der Waals surface area contributed by atoms with E-state index in [-0.39, 0.29) is 24.2 Å². The molecule has 1 saturated heterocycles. The number of carbonyl (C=O) groups excluding carboxylic acids is 2. The summed E-state index contributed by atoms with van der Waals surface area (Å²) in [5.41, 5.74) is 0.154. The van der Waals surface area contributed by atoms with Crippen molar-refractivity contribution < 1.29 is 23.8 Å². The number of methoxy groups -OCH3 is 1. The van der Waals surface area contributed by atoms with E-state index >= 15 is 0 Å². The molecule has 9 nitrogen and oxygen atoms in total. The van der Waals surface area contributed by atoms with Gasteiger partial charge in [0.1, 0.15) is 6.61 Å². The minimum atomic E-state index is -0.667. The summed E-state index contributed by atoms with van der Waals surface area (Å²) in [5, 5.41) is 7.85. The van der Waals surface area contributed by atoms with Crippen LogP contribution < -0.4 is 9.47 Å². The van der Waals surface area contributed by atoms with Crippen LogP contribution in [0.4, 0.5) is 0 Å². The van der Waals surface area contributed by atoms with E-state index in [4.69, 9.17) is 9.47 Å². The SMILES string of the molecule is COC(=O)c1cn([C@@H]2CCCN(C(=O)[C@@H]3COc4ccccc4O3)C2)nn1. The molecule has 0 unspecified atom stereocenters. The number of para-hydroxylation sites is 2. The second-order valence-electron chi connectivity index (χ2n) is 6.52. The molecule has 0 N–H and O–H groups in total. The van der Waals surface area contributed by atoms with Gasteiger partial charge in [0.25, 0.3) is 5.91 Å².